The van der Waals surface area contributed by atoms with Gasteiger partial charge in [0.1, 0.15) is 5.75 Å². The quantitative estimate of drug-likeness (QED) is 0.910. The number of para-hydroxylation sites is 1. The van der Waals surface area contributed by atoms with Gasteiger partial charge in [-0.05, 0) is 24.4 Å². The molecule has 1 amide bonds. The number of nitrogens with one attached hydrogen (secondary N) is 1. The molecule has 1 aromatic carbocycles. The van der Waals surface area contributed by atoms with E-state index in [0.29, 0.717) is 6.42 Å². The molecule has 0 aliphatic carbocycles. The first kappa shape index (κ1) is 13.6. The summed E-state index contributed by atoms with van der Waals surface area (Å²) in [6, 6.07) is 11.6. The van der Waals surface area contributed by atoms with Gasteiger partial charge in [0.15, 0.2) is 0 Å². The molecule has 0 bridgehead atoms. The molecule has 0 spiro atoms. The number of hydrogen-bond acceptors (Lipinski definition) is 3. The van der Waals surface area contributed by atoms with Gasteiger partial charge in [-0.3, -0.25) is 4.79 Å². The van der Waals surface area contributed by atoms with Gasteiger partial charge in [0.25, 0.3) is 0 Å². The predicted molar refractivity (Wildman–Crippen MR) is 77.6 cm³/mol. The first-order valence-corrected chi connectivity index (χ1v) is 7.03. The molecule has 1 atom stereocenters. The van der Waals surface area contributed by atoms with E-state index in [-0.39, 0.29) is 11.9 Å². The van der Waals surface area contributed by atoms with Crippen LogP contribution in [-0.2, 0) is 11.2 Å². The molecular formula is C15H17NO2S. The van der Waals surface area contributed by atoms with Crippen molar-refractivity contribution in [2.75, 3.05) is 7.11 Å². The number of carbonyl (C=O) groups is 1. The van der Waals surface area contributed by atoms with Crippen LogP contribution in [0.4, 0.5) is 0 Å². The number of rotatable bonds is 5. The molecule has 2 aromatic rings. The maximum atomic E-state index is 11.9. The number of thiophene rings is 1. The lowest BCUT2D eigenvalue weighted by atomic mass is 10.1. The monoisotopic (exact) mass is 275 g/mol. The Balaban J connectivity index is 2.00. The van der Waals surface area contributed by atoms with Crippen LogP contribution in [0.2, 0.25) is 0 Å². The lowest BCUT2D eigenvalue weighted by Crippen LogP contribution is -2.28. The second-order valence-electron chi connectivity index (χ2n) is 4.29. The molecule has 0 fully saturated rings. The molecule has 0 aliphatic rings. The third-order valence-corrected chi connectivity index (χ3v) is 3.77. The average molecular weight is 275 g/mol. The SMILES string of the molecule is COc1ccccc1C(C)NC(=O)Cc1cccs1. The second-order valence-corrected chi connectivity index (χ2v) is 5.32. The van der Waals surface area contributed by atoms with E-state index >= 15 is 0 Å². The van der Waals surface area contributed by atoms with Gasteiger partial charge in [-0.2, -0.15) is 0 Å². The van der Waals surface area contributed by atoms with Crippen LogP contribution >= 0.6 is 11.3 Å². The van der Waals surface area contributed by atoms with Gasteiger partial charge in [-0.15, -0.1) is 11.3 Å². The molecule has 100 valence electrons. The van der Waals surface area contributed by atoms with E-state index in [4.69, 9.17) is 4.74 Å². The topological polar surface area (TPSA) is 38.3 Å². The molecule has 19 heavy (non-hydrogen) atoms. The maximum absolute atomic E-state index is 11.9. The zero-order valence-electron chi connectivity index (χ0n) is 11.1. The number of ether oxygens (including phenoxy) is 1. The zero-order valence-corrected chi connectivity index (χ0v) is 11.9. The summed E-state index contributed by atoms with van der Waals surface area (Å²) in [6.45, 7) is 1.96. The highest BCUT2D eigenvalue weighted by atomic mass is 32.1. The Hall–Kier alpha value is -1.81. The summed E-state index contributed by atoms with van der Waals surface area (Å²) in [7, 11) is 1.64. The molecule has 1 unspecified atom stereocenters. The second kappa shape index (κ2) is 6.38. The minimum Gasteiger partial charge on any atom is -0.496 e. The summed E-state index contributed by atoms with van der Waals surface area (Å²) in [5.74, 6) is 0.826. The summed E-state index contributed by atoms with van der Waals surface area (Å²) >= 11 is 1.60. The Kier molecular flexibility index (Phi) is 4.58. The van der Waals surface area contributed by atoms with E-state index in [1.165, 1.54) is 0 Å². The smallest absolute Gasteiger partial charge is 0.225 e. The van der Waals surface area contributed by atoms with Crippen LogP contribution in [0.15, 0.2) is 41.8 Å². The van der Waals surface area contributed by atoms with Crippen LogP contribution in [0.25, 0.3) is 0 Å². The number of hydrogen-bond donors (Lipinski definition) is 1. The number of benzene rings is 1. The third-order valence-electron chi connectivity index (χ3n) is 2.90. The molecule has 1 heterocycles. The summed E-state index contributed by atoms with van der Waals surface area (Å²) in [4.78, 5) is 13.0. The molecule has 0 saturated heterocycles. The van der Waals surface area contributed by atoms with Crippen molar-refractivity contribution in [1.82, 2.24) is 5.32 Å². The molecule has 0 radical (unpaired) electrons. The first-order chi connectivity index (χ1) is 9.20. The fourth-order valence-electron chi connectivity index (χ4n) is 1.97. The normalized spacial score (nSPS) is 11.9. The largest absolute Gasteiger partial charge is 0.496 e. The van der Waals surface area contributed by atoms with Crippen LogP contribution < -0.4 is 10.1 Å². The standard InChI is InChI=1S/C15H17NO2S/c1-11(13-7-3-4-8-14(13)18-2)16-15(17)10-12-6-5-9-19-12/h3-9,11H,10H2,1-2H3,(H,16,17). The van der Waals surface area contributed by atoms with E-state index < -0.39 is 0 Å². The Morgan fingerprint density at radius 2 is 2.11 bits per heavy atom. The Labute approximate surface area is 117 Å². The van der Waals surface area contributed by atoms with Crippen molar-refractivity contribution in [2.45, 2.75) is 19.4 Å². The fourth-order valence-corrected chi connectivity index (χ4v) is 2.67. The van der Waals surface area contributed by atoms with Gasteiger partial charge in [0, 0.05) is 10.4 Å². The third kappa shape index (κ3) is 3.58. The Morgan fingerprint density at radius 3 is 2.79 bits per heavy atom. The molecule has 0 aliphatic heterocycles. The van der Waals surface area contributed by atoms with Crippen LogP contribution in [0.1, 0.15) is 23.4 Å². The van der Waals surface area contributed by atoms with Crippen molar-refractivity contribution in [3.05, 3.63) is 52.2 Å². The van der Waals surface area contributed by atoms with E-state index in [9.17, 15) is 4.79 Å². The first-order valence-electron chi connectivity index (χ1n) is 6.15. The van der Waals surface area contributed by atoms with E-state index in [2.05, 4.69) is 5.32 Å². The lowest BCUT2D eigenvalue weighted by molar-refractivity contribution is -0.121. The maximum Gasteiger partial charge on any atom is 0.225 e. The molecule has 3 nitrogen and oxygen atoms in total. The van der Waals surface area contributed by atoms with Crippen molar-refractivity contribution in [3.63, 3.8) is 0 Å². The molecule has 1 N–H and O–H groups in total. The molecule has 4 heteroatoms. The zero-order chi connectivity index (χ0) is 13.7. The molecule has 2 rings (SSSR count). The van der Waals surface area contributed by atoms with Crippen LogP contribution in [0.5, 0.6) is 5.75 Å². The Bertz CT molecular complexity index is 537. The van der Waals surface area contributed by atoms with E-state index in [1.54, 1.807) is 18.4 Å². The van der Waals surface area contributed by atoms with Gasteiger partial charge < -0.3 is 10.1 Å². The number of amides is 1. The number of methoxy groups -OCH3 is 1. The summed E-state index contributed by atoms with van der Waals surface area (Å²) in [5, 5.41) is 4.98. The summed E-state index contributed by atoms with van der Waals surface area (Å²) in [5.41, 5.74) is 0.990. The highest BCUT2D eigenvalue weighted by Crippen LogP contribution is 2.24. The molecule has 1 aromatic heterocycles. The molecular weight excluding hydrogens is 258 g/mol. The van der Waals surface area contributed by atoms with E-state index in [1.807, 2.05) is 48.7 Å². The van der Waals surface area contributed by atoms with Gasteiger partial charge in [0.05, 0.1) is 19.6 Å². The van der Waals surface area contributed by atoms with Crippen molar-refractivity contribution in [1.29, 1.82) is 0 Å². The summed E-state index contributed by atoms with van der Waals surface area (Å²) < 4.78 is 5.30. The molecule has 0 saturated carbocycles. The van der Waals surface area contributed by atoms with E-state index in [0.717, 1.165) is 16.2 Å². The number of carbonyl (C=O) groups excluding carboxylic acids is 1. The highest BCUT2D eigenvalue weighted by molar-refractivity contribution is 7.10. The van der Waals surface area contributed by atoms with Crippen molar-refractivity contribution >= 4 is 17.2 Å². The minimum atomic E-state index is -0.0661. The highest BCUT2D eigenvalue weighted by Gasteiger charge is 2.13. The minimum absolute atomic E-state index is 0.0286. The summed E-state index contributed by atoms with van der Waals surface area (Å²) in [6.07, 6.45) is 0.428. The predicted octanol–water partition coefficient (Wildman–Crippen LogP) is 3.18. The average Bonchev–Trinajstić information content (AvgIpc) is 2.91. The fraction of sp³-hybridized carbons (Fsp3) is 0.267. The van der Waals surface area contributed by atoms with Crippen LogP contribution in [0, 0.1) is 0 Å². The van der Waals surface area contributed by atoms with Crippen molar-refractivity contribution in [3.8, 4) is 5.75 Å². The van der Waals surface area contributed by atoms with Crippen molar-refractivity contribution in [2.24, 2.45) is 0 Å². The van der Waals surface area contributed by atoms with Gasteiger partial charge in [-0.1, -0.05) is 24.3 Å². The van der Waals surface area contributed by atoms with Gasteiger partial charge in [-0.25, -0.2) is 0 Å². The Morgan fingerprint density at radius 1 is 1.32 bits per heavy atom. The van der Waals surface area contributed by atoms with Gasteiger partial charge >= 0.3 is 0 Å². The lowest BCUT2D eigenvalue weighted by Gasteiger charge is -2.17. The van der Waals surface area contributed by atoms with Crippen LogP contribution in [0.3, 0.4) is 0 Å². The van der Waals surface area contributed by atoms with Gasteiger partial charge in [0.2, 0.25) is 5.91 Å². The van der Waals surface area contributed by atoms with Crippen LogP contribution in [-0.4, -0.2) is 13.0 Å². The van der Waals surface area contributed by atoms with Crippen molar-refractivity contribution < 1.29 is 9.53 Å².